The van der Waals surface area contributed by atoms with E-state index in [1.54, 1.807) is 43.5 Å². The fourth-order valence-corrected chi connectivity index (χ4v) is 2.32. The molecule has 6 heteroatoms. The number of pyridine rings is 1. The summed E-state index contributed by atoms with van der Waals surface area (Å²) in [6.45, 7) is 4.53. The van der Waals surface area contributed by atoms with E-state index in [-0.39, 0.29) is 24.3 Å². The molecule has 0 fully saturated rings. The Hall–Kier alpha value is -2.89. The van der Waals surface area contributed by atoms with Crippen molar-refractivity contribution in [3.8, 4) is 5.88 Å². The van der Waals surface area contributed by atoms with Gasteiger partial charge in [0.25, 0.3) is 5.91 Å². The summed E-state index contributed by atoms with van der Waals surface area (Å²) in [5.74, 6) is 0.190. The molecule has 1 atom stereocenters. The van der Waals surface area contributed by atoms with Crippen LogP contribution in [0.4, 0.5) is 0 Å². The molecule has 0 saturated heterocycles. The van der Waals surface area contributed by atoms with Crippen molar-refractivity contribution >= 4 is 11.8 Å². The number of hydrogen-bond acceptors (Lipinski definition) is 4. The molecule has 1 heterocycles. The molecule has 1 unspecified atom stereocenters. The van der Waals surface area contributed by atoms with Crippen LogP contribution in [0.1, 0.15) is 36.2 Å². The number of benzene rings is 1. The average Bonchev–Trinajstić information content (AvgIpc) is 2.62. The second kappa shape index (κ2) is 9.42. The monoisotopic (exact) mass is 341 g/mol. The maximum absolute atomic E-state index is 12.1. The summed E-state index contributed by atoms with van der Waals surface area (Å²) in [6.07, 6.45) is 1.85. The van der Waals surface area contributed by atoms with Gasteiger partial charge in [-0.3, -0.25) is 9.59 Å². The number of ether oxygens (including phenoxy) is 1. The summed E-state index contributed by atoms with van der Waals surface area (Å²) >= 11 is 0. The molecular formula is C19H23N3O3. The lowest BCUT2D eigenvalue weighted by Gasteiger charge is -2.14. The molecule has 0 aliphatic rings. The van der Waals surface area contributed by atoms with Crippen molar-refractivity contribution in [3.63, 3.8) is 0 Å². The molecule has 0 radical (unpaired) electrons. The SMILES string of the molecule is CCOc1ncccc1CNC(=O)CC(C)NC(=O)c1ccccc1. The van der Waals surface area contributed by atoms with Crippen LogP contribution in [-0.4, -0.2) is 29.4 Å². The number of rotatable bonds is 8. The summed E-state index contributed by atoms with van der Waals surface area (Å²) in [7, 11) is 0. The molecule has 25 heavy (non-hydrogen) atoms. The molecule has 0 aliphatic heterocycles. The highest BCUT2D eigenvalue weighted by molar-refractivity contribution is 5.94. The smallest absolute Gasteiger partial charge is 0.251 e. The minimum absolute atomic E-state index is 0.146. The Morgan fingerprint density at radius 1 is 1.16 bits per heavy atom. The minimum Gasteiger partial charge on any atom is -0.478 e. The summed E-state index contributed by atoms with van der Waals surface area (Å²) in [5, 5.41) is 5.65. The van der Waals surface area contributed by atoms with Crippen LogP contribution in [0.25, 0.3) is 0 Å². The van der Waals surface area contributed by atoms with E-state index < -0.39 is 0 Å². The Balaban J connectivity index is 1.81. The van der Waals surface area contributed by atoms with Crippen molar-refractivity contribution in [1.82, 2.24) is 15.6 Å². The summed E-state index contributed by atoms with van der Waals surface area (Å²) in [4.78, 5) is 28.3. The Labute approximate surface area is 147 Å². The van der Waals surface area contributed by atoms with Crippen LogP contribution in [0.5, 0.6) is 5.88 Å². The van der Waals surface area contributed by atoms with Gasteiger partial charge in [-0.1, -0.05) is 24.3 Å². The van der Waals surface area contributed by atoms with Crippen molar-refractivity contribution in [2.24, 2.45) is 0 Å². The van der Waals surface area contributed by atoms with Crippen LogP contribution in [0.15, 0.2) is 48.7 Å². The van der Waals surface area contributed by atoms with E-state index in [4.69, 9.17) is 4.74 Å². The van der Waals surface area contributed by atoms with Gasteiger partial charge in [-0.15, -0.1) is 0 Å². The molecular weight excluding hydrogens is 318 g/mol. The van der Waals surface area contributed by atoms with Gasteiger partial charge < -0.3 is 15.4 Å². The van der Waals surface area contributed by atoms with Crippen LogP contribution in [0, 0.1) is 0 Å². The van der Waals surface area contributed by atoms with Crippen LogP contribution in [-0.2, 0) is 11.3 Å². The highest BCUT2D eigenvalue weighted by atomic mass is 16.5. The topological polar surface area (TPSA) is 80.3 Å². The lowest BCUT2D eigenvalue weighted by molar-refractivity contribution is -0.121. The summed E-state index contributed by atoms with van der Waals surface area (Å²) in [6, 6.07) is 12.3. The van der Waals surface area contributed by atoms with E-state index in [0.717, 1.165) is 5.56 Å². The molecule has 0 aliphatic carbocycles. The van der Waals surface area contributed by atoms with E-state index in [1.165, 1.54) is 0 Å². The van der Waals surface area contributed by atoms with Gasteiger partial charge >= 0.3 is 0 Å². The van der Waals surface area contributed by atoms with Crippen LogP contribution in [0.3, 0.4) is 0 Å². The second-order valence-electron chi connectivity index (χ2n) is 5.62. The zero-order chi connectivity index (χ0) is 18.1. The molecule has 2 rings (SSSR count). The molecule has 2 N–H and O–H groups in total. The molecule has 2 aromatic rings. The number of nitrogens with one attached hydrogen (secondary N) is 2. The highest BCUT2D eigenvalue weighted by Crippen LogP contribution is 2.13. The molecule has 0 saturated carbocycles. The molecule has 6 nitrogen and oxygen atoms in total. The van der Waals surface area contributed by atoms with Crippen LogP contribution >= 0.6 is 0 Å². The normalized spacial score (nSPS) is 11.4. The van der Waals surface area contributed by atoms with E-state index in [1.807, 2.05) is 19.1 Å². The van der Waals surface area contributed by atoms with Crippen molar-refractivity contribution in [2.75, 3.05) is 6.61 Å². The standard InChI is InChI=1S/C19H23N3O3/c1-3-25-19-16(10-7-11-20-19)13-21-17(23)12-14(2)22-18(24)15-8-5-4-6-9-15/h4-11,14H,3,12-13H2,1-2H3,(H,21,23)(H,22,24). The molecule has 132 valence electrons. The third-order valence-electron chi connectivity index (χ3n) is 3.51. The summed E-state index contributed by atoms with van der Waals surface area (Å²) in [5.41, 5.74) is 1.39. The first-order valence-corrected chi connectivity index (χ1v) is 8.29. The predicted octanol–water partition coefficient (Wildman–Crippen LogP) is 2.31. The second-order valence-corrected chi connectivity index (χ2v) is 5.62. The number of carbonyl (C=O) groups is 2. The third kappa shape index (κ3) is 5.91. The van der Waals surface area contributed by atoms with E-state index in [0.29, 0.717) is 24.6 Å². The molecule has 2 amide bonds. The Bertz CT molecular complexity index is 704. The van der Waals surface area contributed by atoms with Crippen molar-refractivity contribution in [3.05, 3.63) is 59.8 Å². The molecule has 0 bridgehead atoms. The van der Waals surface area contributed by atoms with Gasteiger partial charge in [0.15, 0.2) is 0 Å². The first-order chi connectivity index (χ1) is 12.1. The fourth-order valence-electron chi connectivity index (χ4n) is 2.32. The van der Waals surface area contributed by atoms with Crippen molar-refractivity contribution in [1.29, 1.82) is 0 Å². The lowest BCUT2D eigenvalue weighted by atomic mass is 10.1. The number of hydrogen-bond donors (Lipinski definition) is 2. The van der Waals surface area contributed by atoms with Gasteiger partial charge in [0.05, 0.1) is 6.61 Å². The number of aromatic nitrogens is 1. The average molecular weight is 341 g/mol. The maximum Gasteiger partial charge on any atom is 0.251 e. The lowest BCUT2D eigenvalue weighted by Crippen LogP contribution is -2.37. The quantitative estimate of drug-likeness (QED) is 0.772. The Morgan fingerprint density at radius 3 is 2.64 bits per heavy atom. The number of carbonyl (C=O) groups excluding carboxylic acids is 2. The van der Waals surface area contributed by atoms with Crippen molar-refractivity contribution < 1.29 is 14.3 Å². The Kier molecular flexibility index (Phi) is 6.95. The maximum atomic E-state index is 12.1. The zero-order valence-corrected chi connectivity index (χ0v) is 14.5. The number of amides is 2. The zero-order valence-electron chi connectivity index (χ0n) is 14.5. The van der Waals surface area contributed by atoms with E-state index in [2.05, 4.69) is 15.6 Å². The van der Waals surface area contributed by atoms with E-state index in [9.17, 15) is 9.59 Å². The van der Waals surface area contributed by atoms with E-state index >= 15 is 0 Å². The van der Waals surface area contributed by atoms with Gasteiger partial charge in [0.1, 0.15) is 0 Å². The molecule has 1 aromatic carbocycles. The number of nitrogens with zero attached hydrogens (tertiary/aromatic N) is 1. The first kappa shape index (κ1) is 18.4. The predicted molar refractivity (Wildman–Crippen MR) is 95.2 cm³/mol. The largest absolute Gasteiger partial charge is 0.478 e. The molecule has 1 aromatic heterocycles. The van der Waals surface area contributed by atoms with Crippen LogP contribution < -0.4 is 15.4 Å². The Morgan fingerprint density at radius 2 is 1.92 bits per heavy atom. The van der Waals surface area contributed by atoms with Gasteiger partial charge in [-0.05, 0) is 32.0 Å². The third-order valence-corrected chi connectivity index (χ3v) is 3.51. The summed E-state index contributed by atoms with van der Waals surface area (Å²) < 4.78 is 5.43. The minimum atomic E-state index is -0.270. The van der Waals surface area contributed by atoms with Gasteiger partial charge in [-0.25, -0.2) is 4.98 Å². The highest BCUT2D eigenvalue weighted by Gasteiger charge is 2.13. The van der Waals surface area contributed by atoms with Crippen molar-refractivity contribution in [2.45, 2.75) is 32.9 Å². The molecule has 0 spiro atoms. The van der Waals surface area contributed by atoms with Gasteiger partial charge in [0.2, 0.25) is 11.8 Å². The fraction of sp³-hybridized carbons (Fsp3) is 0.316. The van der Waals surface area contributed by atoms with Gasteiger partial charge in [0, 0.05) is 36.3 Å². The van der Waals surface area contributed by atoms with Crippen LogP contribution in [0.2, 0.25) is 0 Å². The first-order valence-electron chi connectivity index (χ1n) is 8.29. The van der Waals surface area contributed by atoms with Gasteiger partial charge in [-0.2, -0.15) is 0 Å².